The molecule has 2 aliphatic rings. The van der Waals surface area contributed by atoms with Crippen molar-refractivity contribution in [1.29, 1.82) is 0 Å². The number of hydrogen-bond acceptors (Lipinski definition) is 3. The van der Waals surface area contributed by atoms with Gasteiger partial charge in [0.2, 0.25) is 0 Å². The van der Waals surface area contributed by atoms with Crippen LogP contribution >= 0.6 is 0 Å². The molecule has 1 N–H and O–H groups in total. The first-order valence-corrected chi connectivity index (χ1v) is 7.29. The fraction of sp³-hybridized carbons (Fsp3) is 0.500. The zero-order valence-corrected chi connectivity index (χ0v) is 11.3. The largest absolute Gasteiger partial charge is 0.366 e. The summed E-state index contributed by atoms with van der Waals surface area (Å²) in [5.74, 6) is 2.78. The summed E-state index contributed by atoms with van der Waals surface area (Å²) in [6.45, 7) is 2.12. The van der Waals surface area contributed by atoms with E-state index in [0.717, 1.165) is 28.6 Å². The molecule has 2 fully saturated rings. The van der Waals surface area contributed by atoms with Crippen molar-refractivity contribution >= 4 is 16.7 Å². The van der Waals surface area contributed by atoms with Gasteiger partial charge in [-0.15, -0.1) is 0 Å². The molecular weight excluding hydrogens is 234 g/mol. The van der Waals surface area contributed by atoms with Crippen molar-refractivity contribution in [2.45, 2.75) is 38.6 Å². The molecule has 0 amide bonds. The van der Waals surface area contributed by atoms with Crippen LogP contribution < -0.4 is 5.32 Å². The number of aromatic nitrogens is 2. The minimum absolute atomic E-state index is 0.638. The van der Waals surface area contributed by atoms with Crippen LogP contribution in [0.3, 0.4) is 0 Å². The number of anilines is 1. The van der Waals surface area contributed by atoms with E-state index in [-0.39, 0.29) is 0 Å². The molecule has 3 heteroatoms. The predicted octanol–water partition coefficient (Wildman–Crippen LogP) is 3.54. The molecule has 2 aromatic rings. The fourth-order valence-electron chi connectivity index (χ4n) is 2.97. The van der Waals surface area contributed by atoms with E-state index in [2.05, 4.69) is 40.4 Å². The SMILES string of the molecule is Cc1ccc2ncnc(NC(C3CC3)C3CC3)c2c1. The maximum Gasteiger partial charge on any atom is 0.137 e. The smallest absolute Gasteiger partial charge is 0.137 e. The van der Waals surface area contributed by atoms with Crippen LogP contribution in [0.1, 0.15) is 31.2 Å². The zero-order valence-electron chi connectivity index (χ0n) is 11.3. The number of benzene rings is 1. The lowest BCUT2D eigenvalue weighted by Gasteiger charge is -2.19. The topological polar surface area (TPSA) is 37.8 Å². The third-order valence-electron chi connectivity index (χ3n) is 4.35. The molecule has 0 radical (unpaired) electrons. The first-order chi connectivity index (χ1) is 9.31. The Bertz CT molecular complexity index is 602. The van der Waals surface area contributed by atoms with Gasteiger partial charge in [-0.1, -0.05) is 11.6 Å². The van der Waals surface area contributed by atoms with Crippen LogP contribution in [0.25, 0.3) is 10.9 Å². The Balaban J connectivity index is 1.71. The van der Waals surface area contributed by atoms with Gasteiger partial charge >= 0.3 is 0 Å². The maximum absolute atomic E-state index is 4.49. The van der Waals surface area contributed by atoms with E-state index in [4.69, 9.17) is 0 Å². The van der Waals surface area contributed by atoms with Crippen molar-refractivity contribution < 1.29 is 0 Å². The number of aryl methyl sites for hydroxylation is 1. The van der Waals surface area contributed by atoms with Crippen LogP contribution in [-0.4, -0.2) is 16.0 Å². The highest BCUT2D eigenvalue weighted by Crippen LogP contribution is 2.46. The van der Waals surface area contributed by atoms with E-state index in [1.165, 1.54) is 31.2 Å². The highest BCUT2D eigenvalue weighted by molar-refractivity contribution is 5.89. The number of nitrogens with one attached hydrogen (secondary N) is 1. The Labute approximate surface area is 113 Å². The summed E-state index contributed by atoms with van der Waals surface area (Å²) < 4.78 is 0. The van der Waals surface area contributed by atoms with Gasteiger partial charge in [0.15, 0.2) is 0 Å². The summed E-state index contributed by atoms with van der Waals surface area (Å²) in [4.78, 5) is 8.85. The van der Waals surface area contributed by atoms with E-state index in [1.807, 2.05) is 0 Å². The third-order valence-corrected chi connectivity index (χ3v) is 4.35. The first-order valence-electron chi connectivity index (χ1n) is 7.29. The quantitative estimate of drug-likeness (QED) is 0.905. The highest BCUT2D eigenvalue weighted by Gasteiger charge is 2.41. The molecule has 19 heavy (non-hydrogen) atoms. The lowest BCUT2D eigenvalue weighted by Crippen LogP contribution is -2.25. The van der Waals surface area contributed by atoms with Crippen LogP contribution in [-0.2, 0) is 0 Å². The Hall–Kier alpha value is -1.64. The first kappa shape index (κ1) is 11.2. The molecule has 0 aliphatic heterocycles. The molecule has 1 aromatic carbocycles. The van der Waals surface area contributed by atoms with Crippen molar-refractivity contribution in [3.05, 3.63) is 30.1 Å². The average molecular weight is 253 g/mol. The summed E-state index contributed by atoms with van der Waals surface area (Å²) in [5.41, 5.74) is 2.30. The van der Waals surface area contributed by atoms with Gasteiger partial charge in [-0.3, -0.25) is 0 Å². The third kappa shape index (κ3) is 2.18. The van der Waals surface area contributed by atoms with E-state index >= 15 is 0 Å². The fourth-order valence-corrected chi connectivity index (χ4v) is 2.97. The molecule has 3 nitrogen and oxygen atoms in total. The lowest BCUT2D eigenvalue weighted by atomic mass is 10.1. The van der Waals surface area contributed by atoms with Crippen molar-refractivity contribution in [3.63, 3.8) is 0 Å². The summed E-state index contributed by atoms with van der Waals surface area (Å²) >= 11 is 0. The minimum Gasteiger partial charge on any atom is -0.366 e. The molecule has 2 saturated carbocycles. The van der Waals surface area contributed by atoms with Gasteiger partial charge in [0.1, 0.15) is 12.1 Å². The Morgan fingerprint density at radius 2 is 1.84 bits per heavy atom. The molecule has 0 unspecified atom stereocenters. The van der Waals surface area contributed by atoms with Crippen LogP contribution in [0.5, 0.6) is 0 Å². The Morgan fingerprint density at radius 3 is 2.53 bits per heavy atom. The maximum atomic E-state index is 4.49. The zero-order chi connectivity index (χ0) is 12.8. The molecule has 2 aliphatic carbocycles. The highest BCUT2D eigenvalue weighted by atomic mass is 15.1. The Morgan fingerprint density at radius 1 is 1.11 bits per heavy atom. The molecule has 4 rings (SSSR count). The second kappa shape index (κ2) is 4.19. The number of fused-ring (bicyclic) bond motifs is 1. The lowest BCUT2D eigenvalue weighted by molar-refractivity contribution is 0.566. The van der Waals surface area contributed by atoms with Crippen LogP contribution in [0, 0.1) is 18.8 Å². The molecule has 0 spiro atoms. The molecule has 1 aromatic heterocycles. The van der Waals surface area contributed by atoms with Crippen LogP contribution in [0.15, 0.2) is 24.5 Å². The normalized spacial score (nSPS) is 19.1. The van der Waals surface area contributed by atoms with E-state index < -0.39 is 0 Å². The van der Waals surface area contributed by atoms with Gasteiger partial charge in [0, 0.05) is 11.4 Å². The standard InChI is InChI=1S/C16H19N3/c1-10-2-7-14-13(8-10)16(18-9-17-14)19-15(11-3-4-11)12-5-6-12/h2,7-9,11-12,15H,3-6H2,1H3,(H,17,18,19). The summed E-state index contributed by atoms with van der Waals surface area (Å²) in [5, 5.41) is 4.88. The number of rotatable bonds is 4. The number of nitrogens with zero attached hydrogens (tertiary/aromatic N) is 2. The van der Waals surface area contributed by atoms with Crippen molar-refractivity contribution in [2.75, 3.05) is 5.32 Å². The van der Waals surface area contributed by atoms with Crippen molar-refractivity contribution in [1.82, 2.24) is 9.97 Å². The second-order valence-electron chi connectivity index (χ2n) is 6.09. The van der Waals surface area contributed by atoms with Gasteiger partial charge in [0.25, 0.3) is 0 Å². The molecular formula is C16H19N3. The molecule has 98 valence electrons. The molecule has 0 atom stereocenters. The van der Waals surface area contributed by atoms with Gasteiger partial charge in [0.05, 0.1) is 5.52 Å². The van der Waals surface area contributed by atoms with Crippen molar-refractivity contribution in [3.8, 4) is 0 Å². The monoisotopic (exact) mass is 253 g/mol. The minimum atomic E-state index is 0.638. The van der Waals surface area contributed by atoms with Gasteiger partial charge in [-0.05, 0) is 56.6 Å². The molecule has 0 bridgehead atoms. The Kier molecular flexibility index (Phi) is 2.47. The van der Waals surface area contributed by atoms with Crippen LogP contribution in [0.4, 0.5) is 5.82 Å². The predicted molar refractivity (Wildman–Crippen MR) is 77.1 cm³/mol. The van der Waals surface area contributed by atoms with Crippen LogP contribution in [0.2, 0.25) is 0 Å². The summed E-state index contributed by atoms with van der Waals surface area (Å²) in [6, 6.07) is 7.02. The summed E-state index contributed by atoms with van der Waals surface area (Å²) in [6.07, 6.45) is 7.22. The molecule has 0 saturated heterocycles. The van der Waals surface area contributed by atoms with E-state index in [0.29, 0.717) is 6.04 Å². The van der Waals surface area contributed by atoms with E-state index in [1.54, 1.807) is 6.33 Å². The molecule has 1 heterocycles. The van der Waals surface area contributed by atoms with Gasteiger partial charge < -0.3 is 5.32 Å². The average Bonchev–Trinajstić information content (AvgIpc) is 3.28. The van der Waals surface area contributed by atoms with Gasteiger partial charge in [-0.25, -0.2) is 9.97 Å². The summed E-state index contributed by atoms with van der Waals surface area (Å²) in [7, 11) is 0. The second-order valence-corrected chi connectivity index (χ2v) is 6.09. The van der Waals surface area contributed by atoms with E-state index in [9.17, 15) is 0 Å². The number of hydrogen-bond donors (Lipinski definition) is 1. The van der Waals surface area contributed by atoms with Crippen molar-refractivity contribution in [2.24, 2.45) is 11.8 Å². The van der Waals surface area contributed by atoms with Gasteiger partial charge in [-0.2, -0.15) is 0 Å².